The summed E-state index contributed by atoms with van der Waals surface area (Å²) in [6.45, 7) is 3.15. The van der Waals surface area contributed by atoms with Crippen LogP contribution in [0.5, 0.6) is 0 Å². The number of imidazole rings is 1. The van der Waals surface area contributed by atoms with Gasteiger partial charge < -0.3 is 4.90 Å². The van der Waals surface area contributed by atoms with Gasteiger partial charge in [0.05, 0.1) is 16.4 Å². The van der Waals surface area contributed by atoms with Crippen LogP contribution in [0.2, 0.25) is 0 Å². The quantitative estimate of drug-likeness (QED) is 0.374. The van der Waals surface area contributed by atoms with Crippen LogP contribution in [0.4, 0.5) is 0 Å². The molecule has 6 rings (SSSR count). The minimum Gasteiger partial charge on any atom is -0.335 e. The number of thiophene rings is 1. The summed E-state index contributed by atoms with van der Waals surface area (Å²) in [6, 6.07) is 23.5. The summed E-state index contributed by atoms with van der Waals surface area (Å²) in [4.78, 5) is 25.1. The van der Waals surface area contributed by atoms with E-state index in [-0.39, 0.29) is 11.9 Å². The minimum absolute atomic E-state index is 0.118. The van der Waals surface area contributed by atoms with Gasteiger partial charge in [-0.3, -0.25) is 14.1 Å². The van der Waals surface area contributed by atoms with Crippen molar-refractivity contribution < 1.29 is 4.79 Å². The zero-order valence-corrected chi connectivity index (χ0v) is 19.1. The number of fused-ring (bicyclic) bond motifs is 3. The number of nitrogens with zero attached hydrogens (tertiary/aromatic N) is 4. The van der Waals surface area contributed by atoms with Crippen LogP contribution >= 0.6 is 22.7 Å². The number of thiazole rings is 1. The third-order valence-electron chi connectivity index (χ3n) is 6.15. The first-order valence-electron chi connectivity index (χ1n) is 10.8. The molecule has 160 valence electrons. The maximum atomic E-state index is 13.2. The number of carbonyl (C=O) groups is 1. The number of aromatic nitrogens is 2. The van der Waals surface area contributed by atoms with E-state index in [1.165, 1.54) is 22.5 Å². The molecule has 0 unspecified atom stereocenters. The summed E-state index contributed by atoms with van der Waals surface area (Å²) >= 11 is 3.12. The molecule has 1 fully saturated rings. The molecule has 0 bridgehead atoms. The lowest BCUT2D eigenvalue weighted by Gasteiger charge is -2.39. The molecule has 2 aromatic carbocycles. The van der Waals surface area contributed by atoms with Crippen molar-refractivity contribution >= 4 is 43.9 Å². The molecular formula is C25H22N4OS2. The minimum atomic E-state index is 0.118. The Balaban J connectivity index is 1.21. The van der Waals surface area contributed by atoms with Crippen molar-refractivity contribution in [2.24, 2.45) is 0 Å². The Hall–Kier alpha value is -3.00. The van der Waals surface area contributed by atoms with Gasteiger partial charge in [0.2, 0.25) is 0 Å². The summed E-state index contributed by atoms with van der Waals surface area (Å²) in [5.41, 5.74) is 3.61. The first-order valence-corrected chi connectivity index (χ1v) is 12.5. The van der Waals surface area contributed by atoms with Crippen LogP contribution in [0.15, 0.2) is 78.3 Å². The second-order valence-electron chi connectivity index (χ2n) is 8.02. The highest BCUT2D eigenvalue weighted by Crippen LogP contribution is 2.31. The van der Waals surface area contributed by atoms with E-state index in [0.29, 0.717) is 0 Å². The van der Waals surface area contributed by atoms with Crippen LogP contribution in [-0.2, 0) is 0 Å². The molecule has 0 aliphatic carbocycles. The van der Waals surface area contributed by atoms with Gasteiger partial charge in [0, 0.05) is 37.8 Å². The highest BCUT2D eigenvalue weighted by molar-refractivity contribution is 7.21. The van der Waals surface area contributed by atoms with Gasteiger partial charge in [0.25, 0.3) is 5.91 Å². The lowest BCUT2D eigenvalue weighted by molar-refractivity contribution is 0.0602. The first-order chi connectivity index (χ1) is 15.8. The van der Waals surface area contributed by atoms with Crippen LogP contribution in [0.1, 0.15) is 26.8 Å². The zero-order valence-electron chi connectivity index (χ0n) is 17.4. The molecule has 4 heterocycles. The molecule has 7 heteroatoms. The van der Waals surface area contributed by atoms with Crippen LogP contribution in [0.3, 0.4) is 0 Å². The Labute approximate surface area is 194 Å². The predicted molar refractivity (Wildman–Crippen MR) is 131 cm³/mol. The van der Waals surface area contributed by atoms with Crippen molar-refractivity contribution in [3.63, 3.8) is 0 Å². The lowest BCUT2D eigenvalue weighted by atomic mass is 9.96. The fraction of sp³-hybridized carbons (Fsp3) is 0.200. The van der Waals surface area contributed by atoms with Gasteiger partial charge in [-0.05, 0) is 17.2 Å². The number of hydrogen-bond donors (Lipinski definition) is 0. The molecular weight excluding hydrogens is 436 g/mol. The number of amides is 1. The summed E-state index contributed by atoms with van der Waals surface area (Å²) in [5, 5.41) is 2.02. The molecule has 0 N–H and O–H groups in total. The molecule has 1 amide bonds. The van der Waals surface area contributed by atoms with Crippen LogP contribution < -0.4 is 0 Å². The third kappa shape index (κ3) is 3.43. The molecule has 5 nitrogen and oxygen atoms in total. The SMILES string of the molecule is O=C(c1cc2c(nc3sccn32)s1)N1CCN(C(c2ccccc2)c2ccccc2)CC1. The van der Waals surface area contributed by atoms with E-state index in [2.05, 4.69) is 74.9 Å². The van der Waals surface area contributed by atoms with Gasteiger partial charge in [-0.15, -0.1) is 22.7 Å². The average molecular weight is 459 g/mol. The van der Waals surface area contributed by atoms with Gasteiger partial charge in [0.1, 0.15) is 4.83 Å². The largest absolute Gasteiger partial charge is 0.335 e. The summed E-state index contributed by atoms with van der Waals surface area (Å²) in [6.07, 6.45) is 2.02. The fourth-order valence-electron chi connectivity index (χ4n) is 4.58. The number of rotatable bonds is 4. The molecule has 1 aliphatic rings. The van der Waals surface area contributed by atoms with Gasteiger partial charge in [-0.2, -0.15) is 0 Å². The van der Waals surface area contributed by atoms with Crippen molar-refractivity contribution in [2.75, 3.05) is 26.2 Å². The number of benzene rings is 2. The van der Waals surface area contributed by atoms with E-state index in [9.17, 15) is 4.79 Å². The van der Waals surface area contributed by atoms with Crippen molar-refractivity contribution in [2.45, 2.75) is 6.04 Å². The number of carbonyl (C=O) groups excluding carboxylic acids is 1. The van der Waals surface area contributed by atoms with E-state index >= 15 is 0 Å². The molecule has 32 heavy (non-hydrogen) atoms. The van der Waals surface area contributed by atoms with Crippen LogP contribution in [0, 0.1) is 0 Å². The molecule has 0 spiro atoms. The Morgan fingerprint density at radius 1 is 0.906 bits per heavy atom. The van der Waals surface area contributed by atoms with E-state index in [4.69, 9.17) is 0 Å². The number of hydrogen-bond acceptors (Lipinski definition) is 5. The Bertz CT molecular complexity index is 1330. The van der Waals surface area contributed by atoms with Crippen LogP contribution in [-0.4, -0.2) is 51.3 Å². The van der Waals surface area contributed by atoms with E-state index in [1.54, 1.807) is 11.3 Å². The topological polar surface area (TPSA) is 40.9 Å². The fourth-order valence-corrected chi connectivity index (χ4v) is 6.34. The van der Waals surface area contributed by atoms with Crippen molar-refractivity contribution in [3.05, 3.63) is 94.3 Å². The Kier molecular flexibility index (Phi) is 5.02. The summed E-state index contributed by atoms with van der Waals surface area (Å²) in [5.74, 6) is 0.118. The van der Waals surface area contributed by atoms with Gasteiger partial charge in [-0.25, -0.2) is 4.98 Å². The molecule has 5 aromatic rings. The lowest BCUT2D eigenvalue weighted by Crippen LogP contribution is -2.49. The molecule has 1 aliphatic heterocycles. The first kappa shape index (κ1) is 19.7. The normalized spacial score (nSPS) is 15.2. The van der Waals surface area contributed by atoms with Crippen LogP contribution in [0.25, 0.3) is 15.3 Å². The van der Waals surface area contributed by atoms with Crippen molar-refractivity contribution in [3.8, 4) is 0 Å². The monoisotopic (exact) mass is 458 g/mol. The van der Waals surface area contributed by atoms with Crippen molar-refractivity contribution in [1.82, 2.24) is 19.2 Å². The molecule has 0 radical (unpaired) electrons. The maximum Gasteiger partial charge on any atom is 0.264 e. The smallest absolute Gasteiger partial charge is 0.264 e. The van der Waals surface area contributed by atoms with Gasteiger partial charge in [0.15, 0.2) is 4.96 Å². The highest BCUT2D eigenvalue weighted by atomic mass is 32.1. The Morgan fingerprint density at radius 3 is 2.22 bits per heavy atom. The molecule has 1 saturated heterocycles. The van der Waals surface area contributed by atoms with Gasteiger partial charge in [-0.1, -0.05) is 60.7 Å². The predicted octanol–water partition coefficient (Wildman–Crippen LogP) is 5.16. The average Bonchev–Trinajstić information content (AvgIpc) is 3.54. The van der Waals surface area contributed by atoms with E-state index < -0.39 is 0 Å². The summed E-state index contributed by atoms with van der Waals surface area (Å²) < 4.78 is 2.07. The van der Waals surface area contributed by atoms with Gasteiger partial charge >= 0.3 is 0 Å². The number of piperazine rings is 1. The molecule has 3 aromatic heterocycles. The summed E-state index contributed by atoms with van der Waals surface area (Å²) in [7, 11) is 0. The second-order valence-corrected chi connectivity index (χ2v) is 9.92. The van der Waals surface area contributed by atoms with Crippen molar-refractivity contribution in [1.29, 1.82) is 0 Å². The highest BCUT2D eigenvalue weighted by Gasteiger charge is 2.29. The third-order valence-corrected chi connectivity index (χ3v) is 7.91. The Morgan fingerprint density at radius 2 is 1.56 bits per heavy atom. The standard InChI is InChI=1S/C25H22N4OS2/c30-24(21-17-20-23(32-21)26-25-29(20)15-16-31-25)28-13-11-27(12-14-28)22(18-7-3-1-4-8-18)19-9-5-2-6-10-19/h1-10,15-17,22H,11-14H2. The zero-order chi connectivity index (χ0) is 21.5. The second kappa shape index (κ2) is 8.16. The molecule has 0 saturated carbocycles. The molecule has 0 atom stereocenters. The van der Waals surface area contributed by atoms with E-state index in [1.807, 2.05) is 22.5 Å². The maximum absolute atomic E-state index is 13.2. The van der Waals surface area contributed by atoms with E-state index in [0.717, 1.165) is 46.4 Å².